The van der Waals surface area contributed by atoms with Gasteiger partial charge >= 0.3 is 0 Å². The van der Waals surface area contributed by atoms with E-state index in [-0.39, 0.29) is 5.91 Å². The number of carbonyl (C=O) groups excluding carboxylic acids is 1. The lowest BCUT2D eigenvalue weighted by atomic mass is 10.2. The van der Waals surface area contributed by atoms with Crippen molar-refractivity contribution in [1.29, 1.82) is 0 Å². The molecule has 98 valence electrons. The summed E-state index contributed by atoms with van der Waals surface area (Å²) >= 11 is 0. The number of hydrogen-bond acceptors (Lipinski definition) is 5. The Morgan fingerprint density at radius 3 is 3.00 bits per heavy atom. The van der Waals surface area contributed by atoms with Crippen molar-refractivity contribution in [3.8, 4) is 0 Å². The summed E-state index contributed by atoms with van der Waals surface area (Å²) in [6.45, 7) is 3.52. The highest BCUT2D eigenvalue weighted by Crippen LogP contribution is 2.11. The molecule has 2 rings (SSSR count). The molecule has 0 radical (unpaired) electrons. The molecule has 0 bridgehead atoms. The van der Waals surface area contributed by atoms with Crippen molar-refractivity contribution in [3.05, 3.63) is 23.9 Å². The first-order valence-electron chi connectivity index (χ1n) is 6.11. The maximum absolute atomic E-state index is 12.3. The van der Waals surface area contributed by atoms with Crippen molar-refractivity contribution in [2.75, 3.05) is 38.7 Å². The molecule has 18 heavy (non-hydrogen) atoms. The molecule has 6 heteroatoms. The van der Waals surface area contributed by atoms with E-state index in [1.807, 2.05) is 4.90 Å². The van der Waals surface area contributed by atoms with E-state index in [2.05, 4.69) is 22.4 Å². The molecular weight excluding hydrogens is 230 g/mol. The van der Waals surface area contributed by atoms with Crippen LogP contribution in [-0.4, -0.2) is 53.9 Å². The van der Waals surface area contributed by atoms with Crippen LogP contribution in [0.15, 0.2) is 18.3 Å². The van der Waals surface area contributed by atoms with Crippen molar-refractivity contribution in [2.45, 2.75) is 6.42 Å². The number of nitrogen functional groups attached to an aromatic ring is 1. The van der Waals surface area contributed by atoms with Gasteiger partial charge in [-0.05, 0) is 32.1 Å². The van der Waals surface area contributed by atoms with Gasteiger partial charge in [0, 0.05) is 31.4 Å². The molecule has 1 saturated heterocycles. The summed E-state index contributed by atoms with van der Waals surface area (Å²) in [5.74, 6) is 5.85. The fourth-order valence-corrected chi connectivity index (χ4v) is 2.07. The molecule has 1 aromatic heterocycles. The molecule has 3 N–H and O–H groups in total. The van der Waals surface area contributed by atoms with Crippen LogP contribution in [0.3, 0.4) is 0 Å². The summed E-state index contributed by atoms with van der Waals surface area (Å²) in [6, 6.07) is 3.40. The van der Waals surface area contributed by atoms with E-state index >= 15 is 0 Å². The summed E-state index contributed by atoms with van der Waals surface area (Å²) in [4.78, 5) is 20.5. The average molecular weight is 249 g/mol. The largest absolute Gasteiger partial charge is 0.337 e. The fraction of sp³-hybridized carbons (Fsp3) is 0.500. The summed E-state index contributed by atoms with van der Waals surface area (Å²) in [5.41, 5.74) is 3.08. The van der Waals surface area contributed by atoms with Crippen molar-refractivity contribution in [2.24, 2.45) is 5.84 Å². The molecule has 1 fully saturated rings. The van der Waals surface area contributed by atoms with E-state index in [4.69, 9.17) is 5.84 Å². The number of aromatic nitrogens is 1. The van der Waals surface area contributed by atoms with Gasteiger partial charge in [-0.25, -0.2) is 10.8 Å². The van der Waals surface area contributed by atoms with E-state index in [0.717, 1.165) is 32.6 Å². The van der Waals surface area contributed by atoms with Gasteiger partial charge in [0.15, 0.2) is 0 Å². The number of hydrogen-bond donors (Lipinski definition) is 2. The lowest BCUT2D eigenvalue weighted by Gasteiger charge is -2.20. The number of nitrogens with zero attached hydrogens (tertiary/aromatic N) is 3. The van der Waals surface area contributed by atoms with Crippen molar-refractivity contribution in [3.63, 3.8) is 0 Å². The van der Waals surface area contributed by atoms with Crippen molar-refractivity contribution >= 4 is 11.7 Å². The van der Waals surface area contributed by atoms with Crippen LogP contribution >= 0.6 is 0 Å². The van der Waals surface area contributed by atoms with Crippen LogP contribution in [0.2, 0.25) is 0 Å². The minimum atomic E-state index is 0.0456. The van der Waals surface area contributed by atoms with Crippen LogP contribution in [0.25, 0.3) is 0 Å². The molecule has 1 aliphatic rings. The van der Waals surface area contributed by atoms with Gasteiger partial charge in [0.25, 0.3) is 5.91 Å². The molecule has 0 aliphatic carbocycles. The zero-order valence-corrected chi connectivity index (χ0v) is 10.6. The molecule has 1 aromatic rings. The Kier molecular flexibility index (Phi) is 4.11. The van der Waals surface area contributed by atoms with Gasteiger partial charge in [-0.1, -0.05) is 0 Å². The van der Waals surface area contributed by atoms with E-state index < -0.39 is 0 Å². The zero-order valence-electron chi connectivity index (χ0n) is 10.6. The van der Waals surface area contributed by atoms with Crippen LogP contribution in [-0.2, 0) is 0 Å². The predicted molar refractivity (Wildman–Crippen MR) is 70.1 cm³/mol. The molecule has 1 aliphatic heterocycles. The molecule has 0 spiro atoms. The lowest BCUT2D eigenvalue weighted by Crippen LogP contribution is -2.34. The van der Waals surface area contributed by atoms with Gasteiger partial charge in [-0.2, -0.15) is 0 Å². The number of nitrogens with one attached hydrogen (secondary N) is 1. The predicted octanol–water partition coefficient (Wildman–Crippen LogP) is 0.145. The third-order valence-electron chi connectivity index (χ3n) is 3.16. The number of nitrogens with two attached hydrogens (primary N) is 1. The highest BCUT2D eigenvalue weighted by atomic mass is 16.2. The van der Waals surface area contributed by atoms with Crippen LogP contribution < -0.4 is 11.3 Å². The lowest BCUT2D eigenvalue weighted by molar-refractivity contribution is 0.0763. The number of carbonyl (C=O) groups is 1. The Morgan fingerprint density at radius 1 is 1.39 bits per heavy atom. The maximum Gasteiger partial charge on any atom is 0.254 e. The van der Waals surface area contributed by atoms with Crippen molar-refractivity contribution in [1.82, 2.24) is 14.8 Å². The first kappa shape index (κ1) is 12.8. The SMILES string of the molecule is CN1CCCN(C(=O)c2ccnc(NN)c2)CC1. The second-order valence-corrected chi connectivity index (χ2v) is 4.52. The molecule has 6 nitrogen and oxygen atoms in total. The second-order valence-electron chi connectivity index (χ2n) is 4.52. The fourth-order valence-electron chi connectivity index (χ4n) is 2.07. The Balaban J connectivity index is 2.09. The molecule has 0 saturated carbocycles. The number of anilines is 1. The Morgan fingerprint density at radius 2 is 2.22 bits per heavy atom. The summed E-state index contributed by atoms with van der Waals surface area (Å²) in [6.07, 6.45) is 2.60. The monoisotopic (exact) mass is 249 g/mol. The summed E-state index contributed by atoms with van der Waals surface area (Å²) < 4.78 is 0. The standard InChI is InChI=1S/C12H19N5O/c1-16-5-2-6-17(8-7-16)12(18)10-3-4-14-11(9-10)15-13/h3-4,9H,2,5-8,13H2,1H3,(H,14,15). The van der Waals surface area contributed by atoms with Crippen LogP contribution in [0.1, 0.15) is 16.8 Å². The number of likely N-dealkylation sites (N-methyl/N-ethyl adjacent to an activating group) is 1. The molecular formula is C12H19N5O. The van der Waals surface area contributed by atoms with Crippen molar-refractivity contribution < 1.29 is 4.79 Å². The summed E-state index contributed by atoms with van der Waals surface area (Å²) in [7, 11) is 2.08. The first-order valence-corrected chi connectivity index (χ1v) is 6.11. The topological polar surface area (TPSA) is 74.5 Å². The van der Waals surface area contributed by atoms with Gasteiger partial charge in [0.2, 0.25) is 0 Å². The molecule has 0 atom stereocenters. The minimum Gasteiger partial charge on any atom is -0.337 e. The smallest absolute Gasteiger partial charge is 0.254 e. The van der Waals surface area contributed by atoms with E-state index in [1.165, 1.54) is 0 Å². The average Bonchev–Trinajstić information content (AvgIpc) is 2.63. The third kappa shape index (κ3) is 2.96. The number of pyridine rings is 1. The normalized spacial score (nSPS) is 17.3. The minimum absolute atomic E-state index is 0.0456. The number of amides is 1. The van der Waals surface area contributed by atoms with E-state index in [1.54, 1.807) is 18.3 Å². The van der Waals surface area contributed by atoms with Crippen LogP contribution in [0.5, 0.6) is 0 Å². The third-order valence-corrected chi connectivity index (χ3v) is 3.16. The van der Waals surface area contributed by atoms with Crippen LogP contribution in [0, 0.1) is 0 Å². The maximum atomic E-state index is 12.3. The van der Waals surface area contributed by atoms with E-state index in [9.17, 15) is 4.79 Å². The van der Waals surface area contributed by atoms with Gasteiger partial charge in [0.05, 0.1) is 0 Å². The first-order chi connectivity index (χ1) is 8.70. The van der Waals surface area contributed by atoms with Gasteiger partial charge in [-0.15, -0.1) is 0 Å². The number of hydrazine groups is 1. The van der Waals surface area contributed by atoms with E-state index in [0.29, 0.717) is 11.4 Å². The molecule has 2 heterocycles. The van der Waals surface area contributed by atoms with Gasteiger partial charge in [-0.3, -0.25) is 4.79 Å². The zero-order chi connectivity index (χ0) is 13.0. The van der Waals surface area contributed by atoms with Crippen LogP contribution in [0.4, 0.5) is 5.82 Å². The molecule has 0 unspecified atom stereocenters. The number of rotatable bonds is 2. The Labute approximate surface area is 107 Å². The van der Waals surface area contributed by atoms with Gasteiger partial charge in [0.1, 0.15) is 5.82 Å². The molecule has 1 amide bonds. The quantitative estimate of drug-likeness (QED) is 0.576. The molecule has 0 aromatic carbocycles. The Hall–Kier alpha value is -1.66. The van der Waals surface area contributed by atoms with Gasteiger partial charge < -0.3 is 15.2 Å². The summed E-state index contributed by atoms with van der Waals surface area (Å²) in [5, 5.41) is 0. The second kappa shape index (κ2) is 5.79. The highest BCUT2D eigenvalue weighted by Gasteiger charge is 2.19. The highest BCUT2D eigenvalue weighted by molar-refractivity contribution is 5.94. The Bertz CT molecular complexity index is 423.